The van der Waals surface area contributed by atoms with Crippen LogP contribution >= 0.6 is 0 Å². The maximum absolute atomic E-state index is 5.71. The van der Waals surface area contributed by atoms with Crippen molar-refractivity contribution in [3.63, 3.8) is 0 Å². The Hall–Kier alpha value is -1.72. The van der Waals surface area contributed by atoms with Crippen LogP contribution in [0, 0.1) is 0 Å². The largest absolute Gasteiger partial charge is 0.382 e. The van der Waals surface area contributed by atoms with E-state index in [1.165, 1.54) is 0 Å². The molecule has 0 bridgehead atoms. The molecule has 0 saturated carbocycles. The molecule has 1 atom stereocenters. The second kappa shape index (κ2) is 2.88. The number of nitrogens with two attached hydrogens (primary N) is 2. The quantitative estimate of drug-likeness (QED) is 0.571. The first kappa shape index (κ1) is 9.82. The fourth-order valence-electron chi connectivity index (χ4n) is 1.40. The third kappa shape index (κ3) is 1.51. The van der Waals surface area contributed by atoms with E-state index in [1.54, 1.807) is 0 Å². The summed E-state index contributed by atoms with van der Waals surface area (Å²) >= 11 is 0. The highest BCUT2D eigenvalue weighted by atomic mass is 15.1. The lowest BCUT2D eigenvalue weighted by molar-refractivity contribution is 0.404. The minimum Gasteiger partial charge on any atom is -0.382 e. The van der Waals surface area contributed by atoms with Gasteiger partial charge in [0.1, 0.15) is 5.36 Å². The van der Waals surface area contributed by atoms with E-state index in [0.29, 0.717) is 16.7 Å². The highest BCUT2D eigenvalue weighted by Crippen LogP contribution is 2.17. The van der Waals surface area contributed by atoms with Crippen LogP contribution in [0.5, 0.6) is 0 Å². The molecule has 1 aromatic heterocycles. The van der Waals surface area contributed by atoms with Gasteiger partial charge in [0, 0.05) is 0 Å². The van der Waals surface area contributed by atoms with Crippen molar-refractivity contribution in [3.8, 4) is 0 Å². The van der Waals surface area contributed by atoms with Gasteiger partial charge < -0.3 is 11.5 Å². The molecule has 0 amide bonds. The lowest BCUT2D eigenvalue weighted by Crippen LogP contribution is -2.46. The van der Waals surface area contributed by atoms with Crippen molar-refractivity contribution in [1.29, 1.82) is 0 Å². The Morgan fingerprint density at radius 2 is 1.87 bits per heavy atom. The van der Waals surface area contributed by atoms with E-state index in [4.69, 9.17) is 11.5 Å². The standard InChI is InChI=1S/C9H14N6/c1-4-9(2,3)15-7-5(12-4)6(10)13-8(11)14-7/h4H,1-3H3,(H4,10,11,13,14,15). The smallest absolute Gasteiger partial charge is 0.224 e. The molecule has 0 fully saturated rings. The summed E-state index contributed by atoms with van der Waals surface area (Å²) in [5.41, 5.74) is 11.4. The molecule has 80 valence electrons. The van der Waals surface area contributed by atoms with Crippen LogP contribution in [-0.4, -0.2) is 21.5 Å². The Labute approximate surface area is 87.2 Å². The third-order valence-corrected chi connectivity index (χ3v) is 2.65. The van der Waals surface area contributed by atoms with E-state index in [2.05, 4.69) is 20.0 Å². The van der Waals surface area contributed by atoms with Crippen LogP contribution in [0.4, 0.5) is 11.8 Å². The van der Waals surface area contributed by atoms with E-state index in [0.717, 1.165) is 0 Å². The second-order valence-corrected chi connectivity index (χ2v) is 4.21. The maximum Gasteiger partial charge on any atom is 0.224 e. The number of aromatic nitrogens is 2. The van der Waals surface area contributed by atoms with Gasteiger partial charge in [-0.3, -0.25) is 9.98 Å². The van der Waals surface area contributed by atoms with Crippen molar-refractivity contribution in [2.75, 3.05) is 11.5 Å². The monoisotopic (exact) mass is 206 g/mol. The highest BCUT2D eigenvalue weighted by molar-refractivity contribution is 5.32. The SMILES string of the molecule is CC1N=c2c(N)nc(N)nc2=NC1(C)C. The number of nitrogen functional groups attached to an aromatic ring is 2. The third-order valence-electron chi connectivity index (χ3n) is 2.65. The number of hydrogen-bond donors (Lipinski definition) is 2. The summed E-state index contributed by atoms with van der Waals surface area (Å²) in [6, 6.07) is 0.0551. The molecule has 1 aromatic rings. The Balaban J connectivity index is 2.82. The maximum atomic E-state index is 5.71. The summed E-state index contributed by atoms with van der Waals surface area (Å²) in [4.78, 5) is 16.8. The molecule has 6 nitrogen and oxygen atoms in total. The number of anilines is 2. The molecule has 2 rings (SSSR count). The molecular weight excluding hydrogens is 192 g/mol. The van der Waals surface area contributed by atoms with Crippen molar-refractivity contribution >= 4 is 11.8 Å². The molecule has 4 N–H and O–H groups in total. The van der Waals surface area contributed by atoms with E-state index in [9.17, 15) is 0 Å². The van der Waals surface area contributed by atoms with Gasteiger partial charge in [0.2, 0.25) is 5.95 Å². The molecule has 1 unspecified atom stereocenters. The van der Waals surface area contributed by atoms with Crippen molar-refractivity contribution in [1.82, 2.24) is 9.97 Å². The summed E-state index contributed by atoms with van der Waals surface area (Å²) in [6.45, 7) is 5.99. The van der Waals surface area contributed by atoms with Crippen molar-refractivity contribution in [3.05, 3.63) is 10.8 Å². The second-order valence-electron chi connectivity index (χ2n) is 4.21. The number of hydrogen-bond acceptors (Lipinski definition) is 6. The lowest BCUT2D eigenvalue weighted by atomic mass is 9.97. The molecular formula is C9H14N6. The fourth-order valence-corrected chi connectivity index (χ4v) is 1.40. The van der Waals surface area contributed by atoms with Gasteiger partial charge in [0.15, 0.2) is 11.3 Å². The van der Waals surface area contributed by atoms with Crippen LogP contribution < -0.4 is 22.3 Å². The minimum atomic E-state index is -0.278. The summed E-state index contributed by atoms with van der Waals surface area (Å²) in [5, 5.41) is 0.552. The van der Waals surface area contributed by atoms with Crippen molar-refractivity contribution in [2.24, 2.45) is 9.98 Å². The summed E-state index contributed by atoms with van der Waals surface area (Å²) < 4.78 is 0. The number of nitrogens with zero attached hydrogens (tertiary/aromatic N) is 4. The number of rotatable bonds is 0. The molecule has 0 radical (unpaired) electrons. The first-order valence-electron chi connectivity index (χ1n) is 4.77. The summed E-state index contributed by atoms with van der Waals surface area (Å²) in [6.07, 6.45) is 0. The van der Waals surface area contributed by atoms with E-state index in [1.807, 2.05) is 20.8 Å². The molecule has 1 aliphatic rings. The van der Waals surface area contributed by atoms with E-state index >= 15 is 0 Å². The molecule has 6 heteroatoms. The fraction of sp³-hybridized carbons (Fsp3) is 0.556. The van der Waals surface area contributed by atoms with Gasteiger partial charge in [0.25, 0.3) is 0 Å². The van der Waals surface area contributed by atoms with Gasteiger partial charge in [-0.15, -0.1) is 0 Å². The molecule has 0 aliphatic carbocycles. The summed E-state index contributed by atoms with van der Waals surface area (Å²) in [5.74, 6) is 0.430. The molecule has 15 heavy (non-hydrogen) atoms. The number of fused-ring (bicyclic) bond motifs is 1. The normalized spacial score (nSPS) is 22.5. The molecule has 0 aromatic carbocycles. The van der Waals surface area contributed by atoms with Gasteiger partial charge in [-0.25, -0.2) is 0 Å². The van der Waals surface area contributed by atoms with Gasteiger partial charge in [-0.1, -0.05) is 0 Å². The predicted molar refractivity (Wildman–Crippen MR) is 56.7 cm³/mol. The van der Waals surface area contributed by atoms with Crippen molar-refractivity contribution in [2.45, 2.75) is 32.4 Å². The van der Waals surface area contributed by atoms with E-state index in [-0.39, 0.29) is 17.5 Å². The lowest BCUT2D eigenvalue weighted by Gasteiger charge is -2.26. The van der Waals surface area contributed by atoms with Crippen LogP contribution in [0.1, 0.15) is 20.8 Å². The van der Waals surface area contributed by atoms with Crippen LogP contribution in [-0.2, 0) is 0 Å². The zero-order valence-electron chi connectivity index (χ0n) is 9.02. The topological polar surface area (TPSA) is 103 Å². The average Bonchev–Trinajstić information content (AvgIpc) is 2.08. The predicted octanol–water partition coefficient (Wildman–Crippen LogP) is -0.939. The Morgan fingerprint density at radius 1 is 1.20 bits per heavy atom. The van der Waals surface area contributed by atoms with Crippen LogP contribution in [0.15, 0.2) is 9.98 Å². The van der Waals surface area contributed by atoms with Gasteiger partial charge in [0.05, 0.1) is 11.6 Å². The first-order chi connectivity index (χ1) is 6.90. The average molecular weight is 206 g/mol. The molecule has 0 saturated heterocycles. The Morgan fingerprint density at radius 3 is 2.53 bits per heavy atom. The van der Waals surface area contributed by atoms with Gasteiger partial charge in [-0.2, -0.15) is 9.97 Å². The van der Waals surface area contributed by atoms with Gasteiger partial charge >= 0.3 is 0 Å². The molecule has 2 heterocycles. The molecule has 0 spiro atoms. The Kier molecular flexibility index (Phi) is 1.89. The minimum absolute atomic E-state index is 0.0551. The summed E-state index contributed by atoms with van der Waals surface area (Å²) in [7, 11) is 0. The zero-order valence-corrected chi connectivity index (χ0v) is 9.02. The van der Waals surface area contributed by atoms with Crippen molar-refractivity contribution < 1.29 is 0 Å². The highest BCUT2D eigenvalue weighted by Gasteiger charge is 2.27. The van der Waals surface area contributed by atoms with E-state index < -0.39 is 0 Å². The molecule has 1 aliphatic heterocycles. The zero-order chi connectivity index (χ0) is 11.2. The van der Waals surface area contributed by atoms with Crippen LogP contribution in [0.3, 0.4) is 0 Å². The van der Waals surface area contributed by atoms with Crippen LogP contribution in [0.25, 0.3) is 0 Å². The van der Waals surface area contributed by atoms with Gasteiger partial charge in [-0.05, 0) is 20.8 Å². The van der Waals surface area contributed by atoms with Crippen LogP contribution in [0.2, 0.25) is 0 Å². The first-order valence-corrected chi connectivity index (χ1v) is 4.77. The Bertz CT molecular complexity index is 518.